The first-order valence-corrected chi connectivity index (χ1v) is 3.52. The Kier molecular flexibility index (Phi) is 2.04. The summed E-state index contributed by atoms with van der Waals surface area (Å²) in [5.74, 6) is -0.486. The van der Waals surface area contributed by atoms with E-state index in [9.17, 15) is 9.59 Å². The van der Waals surface area contributed by atoms with E-state index >= 15 is 0 Å². The van der Waals surface area contributed by atoms with Crippen LogP contribution in [0.5, 0.6) is 0 Å². The number of nitrogens with one attached hydrogen (secondary N) is 1. The molecule has 1 fully saturated rings. The third-order valence-electron chi connectivity index (χ3n) is 1.78. The van der Waals surface area contributed by atoms with Crippen molar-refractivity contribution in [3.63, 3.8) is 0 Å². The number of amides is 1. The second-order valence-electron chi connectivity index (χ2n) is 2.58. The van der Waals surface area contributed by atoms with E-state index < -0.39 is 5.92 Å². The van der Waals surface area contributed by atoms with E-state index in [0.29, 0.717) is 13.0 Å². The molecule has 1 unspecified atom stereocenters. The highest BCUT2D eigenvalue weighted by Gasteiger charge is 2.22. The van der Waals surface area contributed by atoms with Crippen LogP contribution < -0.4 is 5.32 Å². The highest BCUT2D eigenvalue weighted by atomic mass is 16.2. The maximum atomic E-state index is 11.0. The Labute approximate surface area is 59.8 Å². The molecule has 1 aliphatic heterocycles. The van der Waals surface area contributed by atoms with Gasteiger partial charge in [-0.25, -0.2) is 0 Å². The van der Waals surface area contributed by atoms with Gasteiger partial charge in [-0.15, -0.1) is 0 Å². The van der Waals surface area contributed by atoms with Gasteiger partial charge in [-0.2, -0.15) is 0 Å². The Hall–Kier alpha value is -0.860. The van der Waals surface area contributed by atoms with Crippen molar-refractivity contribution in [2.45, 2.75) is 19.8 Å². The zero-order valence-corrected chi connectivity index (χ0v) is 6.02. The van der Waals surface area contributed by atoms with Crippen molar-refractivity contribution in [3.05, 3.63) is 0 Å². The molecule has 0 aromatic heterocycles. The largest absolute Gasteiger partial charge is 0.355 e. The molecule has 1 heterocycles. The van der Waals surface area contributed by atoms with Gasteiger partial charge >= 0.3 is 0 Å². The van der Waals surface area contributed by atoms with Crippen molar-refractivity contribution in [1.82, 2.24) is 5.32 Å². The van der Waals surface area contributed by atoms with Crippen LogP contribution in [0.1, 0.15) is 19.8 Å². The smallest absolute Gasteiger partial charge is 0.230 e. The lowest BCUT2D eigenvalue weighted by Crippen LogP contribution is -2.30. The van der Waals surface area contributed by atoms with Gasteiger partial charge in [-0.1, -0.05) is 0 Å². The number of ketones is 1. The van der Waals surface area contributed by atoms with Crippen molar-refractivity contribution >= 4 is 11.7 Å². The van der Waals surface area contributed by atoms with Crippen molar-refractivity contribution < 1.29 is 9.59 Å². The molecule has 56 valence electrons. The lowest BCUT2D eigenvalue weighted by atomic mass is 10.0. The van der Waals surface area contributed by atoms with Gasteiger partial charge < -0.3 is 5.32 Å². The second-order valence-corrected chi connectivity index (χ2v) is 2.58. The molecule has 0 aromatic rings. The Bertz CT molecular complexity index is 147. The molecular weight excluding hydrogens is 130 g/mol. The normalized spacial score (nSPS) is 27.5. The fraction of sp³-hybridized carbons (Fsp3) is 0.714. The summed E-state index contributed by atoms with van der Waals surface area (Å²) in [5.41, 5.74) is 0. The van der Waals surface area contributed by atoms with Gasteiger partial charge in [-0.3, -0.25) is 9.59 Å². The van der Waals surface area contributed by atoms with Crippen molar-refractivity contribution in [2.24, 2.45) is 5.92 Å². The number of carbonyl (C=O) groups excluding carboxylic acids is 2. The monoisotopic (exact) mass is 141 g/mol. The lowest BCUT2D eigenvalue weighted by molar-refractivity contribution is -0.132. The molecule has 0 aromatic carbocycles. The lowest BCUT2D eigenvalue weighted by Gasteiger charge is -2.02. The van der Waals surface area contributed by atoms with E-state index in [1.54, 1.807) is 6.92 Å². The third kappa shape index (κ3) is 1.35. The number of Topliss-reactive ketones (excluding diaryl/α,β-unsaturated/α-hetero) is 1. The van der Waals surface area contributed by atoms with Crippen LogP contribution in [0, 0.1) is 5.92 Å². The average Bonchev–Trinajstić information content (AvgIpc) is 2.04. The van der Waals surface area contributed by atoms with Crippen LogP contribution in [-0.2, 0) is 9.59 Å². The quantitative estimate of drug-likeness (QED) is 0.486. The molecule has 1 saturated heterocycles. The Morgan fingerprint density at radius 1 is 1.50 bits per heavy atom. The minimum Gasteiger partial charge on any atom is -0.355 e. The number of hydrogen-bond donors (Lipinski definition) is 1. The molecular formula is C7H11NO2. The molecule has 10 heavy (non-hydrogen) atoms. The predicted molar refractivity (Wildman–Crippen MR) is 36.4 cm³/mol. The molecule has 0 saturated carbocycles. The van der Waals surface area contributed by atoms with Gasteiger partial charge in [0, 0.05) is 13.0 Å². The summed E-state index contributed by atoms with van der Waals surface area (Å²) in [6.07, 6.45) is 1.33. The standard InChI is InChI=1S/C7H11NO2/c1-5-6(9)3-2-4-8-7(5)10/h5H,2-4H2,1H3,(H,8,10). The van der Waals surface area contributed by atoms with Crippen LogP contribution in [0.15, 0.2) is 0 Å². The van der Waals surface area contributed by atoms with E-state index in [0.717, 1.165) is 6.42 Å². The molecule has 1 amide bonds. The van der Waals surface area contributed by atoms with Gasteiger partial charge in [0.05, 0.1) is 5.92 Å². The highest BCUT2D eigenvalue weighted by Crippen LogP contribution is 2.06. The number of hydrogen-bond acceptors (Lipinski definition) is 2. The van der Waals surface area contributed by atoms with Crippen molar-refractivity contribution in [3.8, 4) is 0 Å². The molecule has 1 aliphatic rings. The van der Waals surface area contributed by atoms with Crippen molar-refractivity contribution in [2.75, 3.05) is 6.54 Å². The zero-order chi connectivity index (χ0) is 7.56. The minimum atomic E-state index is -0.428. The maximum absolute atomic E-state index is 11.0. The third-order valence-corrected chi connectivity index (χ3v) is 1.78. The predicted octanol–water partition coefficient (Wildman–Crippen LogP) is 0.102. The summed E-state index contributed by atoms with van der Waals surface area (Å²) >= 11 is 0. The summed E-state index contributed by atoms with van der Waals surface area (Å²) < 4.78 is 0. The Morgan fingerprint density at radius 2 is 2.20 bits per heavy atom. The van der Waals surface area contributed by atoms with E-state index in [4.69, 9.17) is 0 Å². The summed E-state index contributed by atoms with van der Waals surface area (Å²) in [7, 11) is 0. The van der Waals surface area contributed by atoms with Crippen molar-refractivity contribution in [1.29, 1.82) is 0 Å². The van der Waals surface area contributed by atoms with Crippen LogP contribution >= 0.6 is 0 Å². The summed E-state index contributed by atoms with van der Waals surface area (Å²) in [6, 6.07) is 0. The van der Waals surface area contributed by atoms with Gasteiger partial charge in [0.1, 0.15) is 5.78 Å². The number of carbonyl (C=O) groups is 2. The summed E-state index contributed by atoms with van der Waals surface area (Å²) in [6.45, 7) is 2.30. The van der Waals surface area contributed by atoms with Gasteiger partial charge in [0.25, 0.3) is 0 Å². The molecule has 0 spiro atoms. The molecule has 1 atom stereocenters. The highest BCUT2D eigenvalue weighted by molar-refractivity contribution is 6.01. The molecule has 0 aliphatic carbocycles. The number of rotatable bonds is 0. The van der Waals surface area contributed by atoms with Gasteiger partial charge in [0.15, 0.2) is 0 Å². The van der Waals surface area contributed by atoms with Gasteiger partial charge in [-0.05, 0) is 13.3 Å². The van der Waals surface area contributed by atoms with E-state index in [-0.39, 0.29) is 11.7 Å². The van der Waals surface area contributed by atoms with E-state index in [1.807, 2.05) is 0 Å². The fourth-order valence-electron chi connectivity index (χ4n) is 0.990. The summed E-state index contributed by atoms with van der Waals surface area (Å²) in [5, 5.41) is 2.66. The molecule has 0 bridgehead atoms. The van der Waals surface area contributed by atoms with Crippen LogP contribution in [-0.4, -0.2) is 18.2 Å². The van der Waals surface area contributed by atoms with Gasteiger partial charge in [0.2, 0.25) is 5.91 Å². The molecule has 1 rings (SSSR count). The first-order valence-electron chi connectivity index (χ1n) is 3.52. The van der Waals surface area contributed by atoms with E-state index in [1.165, 1.54) is 0 Å². The molecule has 3 nitrogen and oxygen atoms in total. The minimum absolute atomic E-state index is 0.0648. The molecule has 1 N–H and O–H groups in total. The Balaban J connectivity index is 2.64. The van der Waals surface area contributed by atoms with Crippen LogP contribution in [0.3, 0.4) is 0 Å². The SMILES string of the molecule is CC1C(=O)CCCNC1=O. The Morgan fingerprint density at radius 3 is 2.90 bits per heavy atom. The zero-order valence-electron chi connectivity index (χ0n) is 6.02. The molecule has 0 radical (unpaired) electrons. The molecule has 3 heteroatoms. The van der Waals surface area contributed by atoms with E-state index in [2.05, 4.69) is 5.32 Å². The maximum Gasteiger partial charge on any atom is 0.230 e. The first-order chi connectivity index (χ1) is 4.72. The first kappa shape index (κ1) is 7.25. The van der Waals surface area contributed by atoms with Crippen LogP contribution in [0.2, 0.25) is 0 Å². The summed E-state index contributed by atoms with van der Waals surface area (Å²) in [4.78, 5) is 21.9. The topological polar surface area (TPSA) is 46.2 Å². The fourth-order valence-corrected chi connectivity index (χ4v) is 0.990. The van der Waals surface area contributed by atoms with Crippen LogP contribution in [0.4, 0.5) is 0 Å². The second kappa shape index (κ2) is 2.82. The van der Waals surface area contributed by atoms with Crippen LogP contribution in [0.25, 0.3) is 0 Å². The average molecular weight is 141 g/mol.